The summed E-state index contributed by atoms with van der Waals surface area (Å²) in [5.41, 5.74) is 3.52. The number of sulfone groups is 1. The van der Waals surface area contributed by atoms with Crippen LogP contribution in [0.25, 0.3) is 22.2 Å². The molecule has 9 nitrogen and oxygen atoms in total. The highest BCUT2D eigenvalue weighted by molar-refractivity contribution is 7.90. The zero-order valence-corrected chi connectivity index (χ0v) is 21.3. The second kappa shape index (κ2) is 10.8. The van der Waals surface area contributed by atoms with E-state index in [1.165, 1.54) is 12.5 Å². The predicted molar refractivity (Wildman–Crippen MR) is 141 cm³/mol. The Kier molecular flexibility index (Phi) is 8.03. The molecule has 0 aliphatic heterocycles. The van der Waals surface area contributed by atoms with Gasteiger partial charge in [-0.05, 0) is 17.7 Å². The Labute approximate surface area is 210 Å². The molecular weight excluding hydrogens is 484 g/mol. The molecule has 0 bridgehead atoms. The van der Waals surface area contributed by atoms with Gasteiger partial charge in [-0.2, -0.15) is 13.5 Å². The van der Waals surface area contributed by atoms with Crippen LogP contribution in [0.5, 0.6) is 0 Å². The van der Waals surface area contributed by atoms with Gasteiger partial charge in [0.2, 0.25) is 0 Å². The highest BCUT2D eigenvalue weighted by atomic mass is 32.2. The molecular formula is C24H26N6O3S2. The Balaban J connectivity index is 0.00000342. The van der Waals surface area contributed by atoms with E-state index in [-0.39, 0.29) is 30.2 Å². The molecule has 1 aromatic carbocycles. The summed E-state index contributed by atoms with van der Waals surface area (Å²) in [4.78, 5) is 29.5. The van der Waals surface area contributed by atoms with Gasteiger partial charge in [-0.1, -0.05) is 25.1 Å². The average Bonchev–Trinajstić information content (AvgIpc) is 2.85. The van der Waals surface area contributed by atoms with Gasteiger partial charge < -0.3 is 10.6 Å². The number of anilines is 1. The van der Waals surface area contributed by atoms with Crippen LogP contribution in [-0.4, -0.2) is 54.1 Å². The van der Waals surface area contributed by atoms with Gasteiger partial charge in [-0.25, -0.2) is 18.4 Å². The molecule has 0 radical (unpaired) electrons. The van der Waals surface area contributed by atoms with Gasteiger partial charge in [-0.15, -0.1) is 0 Å². The number of hydrogen-bond acceptors (Lipinski definition) is 8. The van der Waals surface area contributed by atoms with Crippen LogP contribution < -0.4 is 10.6 Å². The number of aromatic nitrogens is 4. The topological polar surface area (TPSA) is 127 Å². The maximum Gasteiger partial charge on any atom is 0.251 e. The Morgan fingerprint density at radius 2 is 1.89 bits per heavy atom. The van der Waals surface area contributed by atoms with E-state index in [2.05, 4.69) is 37.5 Å². The summed E-state index contributed by atoms with van der Waals surface area (Å²) >= 11 is 0. The van der Waals surface area contributed by atoms with Crippen molar-refractivity contribution in [1.29, 1.82) is 0 Å². The van der Waals surface area contributed by atoms with Gasteiger partial charge >= 0.3 is 0 Å². The largest absolute Gasteiger partial charge is 0.369 e. The summed E-state index contributed by atoms with van der Waals surface area (Å²) in [5, 5.41) is 6.78. The first kappa shape index (κ1) is 26.0. The van der Waals surface area contributed by atoms with E-state index in [0.29, 0.717) is 29.2 Å². The minimum Gasteiger partial charge on any atom is -0.369 e. The van der Waals surface area contributed by atoms with Gasteiger partial charge in [-0.3, -0.25) is 14.8 Å². The Bertz CT molecular complexity index is 1480. The monoisotopic (exact) mass is 510 g/mol. The molecule has 0 fully saturated rings. The molecule has 4 rings (SSSR count). The third-order valence-electron chi connectivity index (χ3n) is 5.50. The van der Waals surface area contributed by atoms with Gasteiger partial charge in [0.1, 0.15) is 12.1 Å². The summed E-state index contributed by atoms with van der Waals surface area (Å²) in [6.45, 7) is 2.63. The average molecular weight is 511 g/mol. The Morgan fingerprint density at radius 1 is 1.09 bits per heavy atom. The third kappa shape index (κ3) is 5.75. The molecule has 4 aromatic rings. The first-order chi connectivity index (χ1) is 16.3. The van der Waals surface area contributed by atoms with E-state index in [0.717, 1.165) is 22.7 Å². The lowest BCUT2D eigenvalue weighted by molar-refractivity contribution is 0.0964. The molecule has 11 heteroatoms. The molecule has 3 aromatic heterocycles. The lowest BCUT2D eigenvalue weighted by Crippen LogP contribution is -2.18. The van der Waals surface area contributed by atoms with Crippen LogP contribution in [-0.2, 0) is 9.84 Å². The van der Waals surface area contributed by atoms with Gasteiger partial charge in [0, 0.05) is 61.4 Å². The number of nitrogens with zero attached hydrogens (tertiary/aromatic N) is 4. The minimum atomic E-state index is -3.38. The van der Waals surface area contributed by atoms with Gasteiger partial charge in [0.05, 0.1) is 21.7 Å². The van der Waals surface area contributed by atoms with Crippen molar-refractivity contribution in [1.82, 2.24) is 25.3 Å². The Morgan fingerprint density at radius 3 is 2.63 bits per heavy atom. The number of nitrogens with one attached hydrogen (secondary N) is 2. The number of fused-ring (bicyclic) bond motifs is 1. The molecule has 1 atom stereocenters. The smallest absolute Gasteiger partial charge is 0.251 e. The molecule has 1 amide bonds. The van der Waals surface area contributed by atoms with Gasteiger partial charge in [0.15, 0.2) is 9.84 Å². The number of para-hydroxylation sites is 1. The lowest BCUT2D eigenvalue weighted by Gasteiger charge is -2.16. The summed E-state index contributed by atoms with van der Waals surface area (Å²) in [6, 6.07) is 10.8. The number of rotatable bonds is 7. The minimum absolute atomic E-state index is 0. The van der Waals surface area contributed by atoms with Crippen molar-refractivity contribution < 1.29 is 13.2 Å². The van der Waals surface area contributed by atoms with E-state index >= 15 is 0 Å². The van der Waals surface area contributed by atoms with E-state index in [4.69, 9.17) is 0 Å². The van der Waals surface area contributed by atoms with Crippen molar-refractivity contribution in [3.05, 3.63) is 72.4 Å². The zero-order valence-electron chi connectivity index (χ0n) is 19.5. The van der Waals surface area contributed by atoms with E-state index in [9.17, 15) is 13.2 Å². The second-order valence-electron chi connectivity index (χ2n) is 7.93. The van der Waals surface area contributed by atoms with Crippen LogP contribution in [0.15, 0.2) is 66.2 Å². The third-order valence-corrected chi connectivity index (χ3v) is 6.58. The molecule has 0 spiro atoms. The second-order valence-corrected chi connectivity index (χ2v) is 9.95. The van der Waals surface area contributed by atoms with Crippen molar-refractivity contribution in [3.63, 3.8) is 0 Å². The fourth-order valence-electron chi connectivity index (χ4n) is 3.67. The van der Waals surface area contributed by atoms with Crippen LogP contribution in [0.4, 0.5) is 5.82 Å². The number of pyridine rings is 2. The van der Waals surface area contributed by atoms with Crippen molar-refractivity contribution >= 4 is 46.0 Å². The van der Waals surface area contributed by atoms with Crippen LogP contribution in [0.1, 0.15) is 28.8 Å². The number of benzene rings is 1. The Hall–Kier alpha value is -3.57. The molecule has 0 saturated heterocycles. The van der Waals surface area contributed by atoms with Crippen LogP contribution in [0.2, 0.25) is 0 Å². The fraction of sp³-hybridized carbons (Fsp3) is 0.208. The molecule has 0 unspecified atom stereocenters. The molecule has 0 saturated carbocycles. The molecule has 2 N–H and O–H groups in total. The summed E-state index contributed by atoms with van der Waals surface area (Å²) < 4.78 is 23.7. The lowest BCUT2D eigenvalue weighted by atomic mass is 9.96. The quantitative estimate of drug-likeness (QED) is 0.388. The molecule has 35 heavy (non-hydrogen) atoms. The maximum absolute atomic E-state index is 12.2. The van der Waals surface area contributed by atoms with Crippen LogP contribution in [0, 0.1) is 0 Å². The summed E-state index contributed by atoms with van der Waals surface area (Å²) in [7, 11) is -1.77. The summed E-state index contributed by atoms with van der Waals surface area (Å²) in [6.07, 6.45) is 7.09. The number of carbonyl (C=O) groups is 1. The SMILES string of the molecule is CNC(=O)c1ccnc2c([C@H](C)CNc3cc(-c4cncc(S(C)(=O)=O)c4)ncn3)cccc12.S. The highest BCUT2D eigenvalue weighted by Crippen LogP contribution is 2.27. The number of carbonyl (C=O) groups excluding carboxylic acids is 1. The first-order valence-corrected chi connectivity index (χ1v) is 12.5. The number of amides is 1. The normalized spacial score (nSPS) is 12.0. The predicted octanol–water partition coefficient (Wildman–Crippen LogP) is 3.18. The van der Waals surface area contributed by atoms with Crippen molar-refractivity contribution in [3.8, 4) is 11.3 Å². The molecule has 182 valence electrons. The van der Waals surface area contributed by atoms with Crippen molar-refractivity contribution in [2.24, 2.45) is 0 Å². The standard InChI is InChI=1S/C24H24N6O3S.H2S/c1-15(18-5-4-6-19-20(24(31)25-2)7-8-27-23(18)19)11-28-22-10-21(29-14-30-22)16-9-17(13-26-12-16)34(3,32)33;/h4-10,12-15H,11H2,1-3H3,(H,25,31)(H,28,29,30);1H2/t15-;/m1./s1. The molecule has 0 aliphatic rings. The van der Waals surface area contributed by atoms with E-state index in [1.54, 1.807) is 37.6 Å². The first-order valence-electron chi connectivity index (χ1n) is 10.6. The van der Waals surface area contributed by atoms with Crippen LogP contribution in [0.3, 0.4) is 0 Å². The van der Waals surface area contributed by atoms with Gasteiger partial charge in [0.25, 0.3) is 5.91 Å². The molecule has 0 aliphatic carbocycles. The zero-order chi connectivity index (χ0) is 24.3. The van der Waals surface area contributed by atoms with E-state index < -0.39 is 9.84 Å². The van der Waals surface area contributed by atoms with Crippen molar-refractivity contribution in [2.75, 3.05) is 25.2 Å². The molecule has 3 heterocycles. The fourth-order valence-corrected chi connectivity index (χ4v) is 4.26. The van der Waals surface area contributed by atoms with Crippen LogP contribution >= 0.6 is 13.5 Å². The highest BCUT2D eigenvalue weighted by Gasteiger charge is 2.16. The van der Waals surface area contributed by atoms with E-state index in [1.807, 2.05) is 18.2 Å². The number of hydrogen-bond donors (Lipinski definition) is 2. The summed E-state index contributed by atoms with van der Waals surface area (Å²) in [5.74, 6) is 0.504. The maximum atomic E-state index is 12.2. The van der Waals surface area contributed by atoms with Crippen molar-refractivity contribution in [2.45, 2.75) is 17.7 Å².